The van der Waals surface area contributed by atoms with E-state index in [9.17, 15) is 19.5 Å². The summed E-state index contributed by atoms with van der Waals surface area (Å²) in [7, 11) is 0. The van der Waals surface area contributed by atoms with E-state index in [2.05, 4.69) is 15.0 Å². The molecule has 0 unspecified atom stereocenters. The van der Waals surface area contributed by atoms with E-state index < -0.39 is 41.8 Å². The maximum Gasteiger partial charge on any atom is 0.303 e. The first-order chi connectivity index (χ1) is 13.6. The molecule has 0 radical (unpaired) electrons. The number of carbonyl (C=O) groups is 3. The zero-order chi connectivity index (χ0) is 21.5. The van der Waals surface area contributed by atoms with Gasteiger partial charge in [-0.2, -0.15) is 4.98 Å². The number of ketones is 1. The predicted molar refractivity (Wildman–Crippen MR) is 97.1 cm³/mol. The molecule has 13 heteroatoms. The van der Waals surface area contributed by atoms with Crippen molar-refractivity contribution in [1.29, 1.82) is 0 Å². The number of aromatic nitrogens is 4. The number of imidazole rings is 1. The third kappa shape index (κ3) is 3.78. The Morgan fingerprint density at radius 2 is 1.93 bits per heavy atom. The van der Waals surface area contributed by atoms with Gasteiger partial charge in [0.2, 0.25) is 10.9 Å². The van der Waals surface area contributed by atoms with E-state index in [4.69, 9.17) is 37.4 Å². The average molecular weight is 447 g/mol. The van der Waals surface area contributed by atoms with Gasteiger partial charge in [0, 0.05) is 13.8 Å². The number of hydrogen-bond donors (Lipinski definition) is 1. The van der Waals surface area contributed by atoms with Crippen LogP contribution in [0.5, 0.6) is 0 Å². The number of hydrogen-bond acceptors (Lipinski definition) is 10. The molecule has 1 fully saturated rings. The topological polar surface area (TPSA) is 143 Å². The molecule has 1 N–H and O–H groups in total. The lowest BCUT2D eigenvalue weighted by Crippen LogP contribution is -2.54. The van der Waals surface area contributed by atoms with Crippen LogP contribution in [0.25, 0.3) is 11.2 Å². The molecule has 3 rings (SSSR count). The molecule has 1 aliphatic rings. The molecule has 2 aromatic rings. The molecular formula is C16H16Cl2N4O7. The van der Waals surface area contributed by atoms with E-state index >= 15 is 0 Å². The van der Waals surface area contributed by atoms with E-state index in [1.165, 1.54) is 17.8 Å². The zero-order valence-corrected chi connectivity index (χ0v) is 17.0. The Morgan fingerprint density at radius 1 is 1.24 bits per heavy atom. The van der Waals surface area contributed by atoms with Crippen molar-refractivity contribution in [2.24, 2.45) is 0 Å². The number of aliphatic hydroxyl groups is 1. The summed E-state index contributed by atoms with van der Waals surface area (Å²) < 4.78 is 17.1. The Bertz CT molecular complexity index is 997. The second kappa shape index (κ2) is 7.82. The summed E-state index contributed by atoms with van der Waals surface area (Å²) in [6.07, 6.45) is -2.82. The van der Waals surface area contributed by atoms with Crippen LogP contribution >= 0.6 is 23.2 Å². The van der Waals surface area contributed by atoms with Crippen molar-refractivity contribution >= 4 is 52.1 Å². The maximum atomic E-state index is 12.5. The summed E-state index contributed by atoms with van der Waals surface area (Å²) in [5.74, 6) is -2.15. The average Bonchev–Trinajstić information content (AvgIpc) is 3.13. The number of Topliss-reactive ketones (excluding diaryl/α,β-unsaturated/α-hetero) is 1. The summed E-state index contributed by atoms with van der Waals surface area (Å²) in [6.45, 7) is 3.02. The van der Waals surface area contributed by atoms with Crippen LogP contribution in [-0.4, -0.2) is 66.8 Å². The van der Waals surface area contributed by atoms with E-state index in [1.54, 1.807) is 0 Å². The van der Waals surface area contributed by atoms with Crippen LogP contribution in [0.4, 0.5) is 0 Å². The summed E-state index contributed by atoms with van der Waals surface area (Å²) in [5.41, 5.74) is -2.11. The van der Waals surface area contributed by atoms with Crippen LogP contribution in [0.15, 0.2) is 6.33 Å². The number of nitrogens with zero attached hydrogens (tertiary/aromatic N) is 4. The fourth-order valence-electron chi connectivity index (χ4n) is 3.12. The fraction of sp³-hybridized carbons (Fsp3) is 0.500. The lowest BCUT2D eigenvalue weighted by Gasteiger charge is -2.31. The number of ether oxygens (including phenoxy) is 3. The molecule has 0 spiro atoms. The van der Waals surface area contributed by atoms with Crippen molar-refractivity contribution in [1.82, 2.24) is 19.5 Å². The van der Waals surface area contributed by atoms with Gasteiger partial charge in [0.1, 0.15) is 18.2 Å². The third-order valence-corrected chi connectivity index (χ3v) is 4.80. The molecule has 11 nitrogen and oxygen atoms in total. The Morgan fingerprint density at radius 3 is 2.52 bits per heavy atom. The molecule has 156 valence electrons. The molecular weight excluding hydrogens is 431 g/mol. The third-order valence-electron chi connectivity index (χ3n) is 4.36. The van der Waals surface area contributed by atoms with Gasteiger partial charge >= 0.3 is 11.9 Å². The normalized spacial score (nSPS) is 26.5. The van der Waals surface area contributed by atoms with Gasteiger partial charge in [-0.1, -0.05) is 11.6 Å². The Kier molecular flexibility index (Phi) is 5.77. The summed E-state index contributed by atoms with van der Waals surface area (Å²) in [4.78, 5) is 47.2. The summed E-state index contributed by atoms with van der Waals surface area (Å²) in [6, 6.07) is 0. The van der Waals surface area contributed by atoms with E-state index in [0.29, 0.717) is 0 Å². The van der Waals surface area contributed by atoms with Crippen molar-refractivity contribution in [2.75, 3.05) is 6.61 Å². The molecule has 1 aliphatic heterocycles. The lowest BCUT2D eigenvalue weighted by molar-refractivity contribution is -0.170. The number of fused-ring (bicyclic) bond motifs is 1. The van der Waals surface area contributed by atoms with Gasteiger partial charge in [0.15, 0.2) is 28.9 Å². The smallest absolute Gasteiger partial charge is 0.303 e. The molecule has 4 atom stereocenters. The lowest BCUT2D eigenvalue weighted by atomic mass is 9.89. The monoisotopic (exact) mass is 446 g/mol. The van der Waals surface area contributed by atoms with Gasteiger partial charge in [-0.15, -0.1) is 0 Å². The van der Waals surface area contributed by atoms with E-state index in [1.807, 2.05) is 0 Å². The van der Waals surface area contributed by atoms with Gasteiger partial charge in [0.25, 0.3) is 0 Å². The van der Waals surface area contributed by atoms with Crippen LogP contribution in [0.3, 0.4) is 0 Å². The van der Waals surface area contributed by atoms with Gasteiger partial charge in [0.05, 0.1) is 6.33 Å². The van der Waals surface area contributed by atoms with Crippen LogP contribution < -0.4 is 0 Å². The highest BCUT2D eigenvalue weighted by Crippen LogP contribution is 2.42. The fourth-order valence-corrected chi connectivity index (χ4v) is 3.54. The van der Waals surface area contributed by atoms with Gasteiger partial charge < -0.3 is 19.3 Å². The summed E-state index contributed by atoms with van der Waals surface area (Å²) in [5, 5.41) is 11.1. The molecule has 0 saturated carbocycles. The first kappa shape index (κ1) is 21.4. The molecule has 0 amide bonds. The largest absolute Gasteiger partial charge is 0.463 e. The molecule has 0 aliphatic carbocycles. The van der Waals surface area contributed by atoms with Crippen LogP contribution in [0, 0.1) is 0 Å². The van der Waals surface area contributed by atoms with Gasteiger partial charge in [-0.3, -0.25) is 19.0 Å². The minimum absolute atomic E-state index is 0.0453. The van der Waals surface area contributed by atoms with Gasteiger partial charge in [-0.25, -0.2) is 9.97 Å². The zero-order valence-electron chi connectivity index (χ0n) is 15.5. The van der Waals surface area contributed by atoms with Crippen molar-refractivity contribution in [3.8, 4) is 0 Å². The van der Waals surface area contributed by atoms with Crippen molar-refractivity contribution < 1.29 is 33.7 Å². The SMILES string of the molecule is CC(=O)OC[C@H]1O[C@@H](n2cnc3c(Cl)nc(Cl)nc32)[C@@](O)(C(C)=O)[C@@H]1OC(C)=O. The van der Waals surface area contributed by atoms with Crippen LogP contribution in [-0.2, 0) is 28.6 Å². The highest BCUT2D eigenvalue weighted by molar-refractivity contribution is 6.35. The van der Waals surface area contributed by atoms with Crippen molar-refractivity contribution in [3.63, 3.8) is 0 Å². The minimum Gasteiger partial charge on any atom is -0.463 e. The quantitative estimate of drug-likeness (QED) is 0.398. The second-order valence-corrected chi connectivity index (χ2v) is 7.04. The molecule has 29 heavy (non-hydrogen) atoms. The molecule has 2 aromatic heterocycles. The van der Waals surface area contributed by atoms with E-state index in [0.717, 1.165) is 13.8 Å². The van der Waals surface area contributed by atoms with Crippen LogP contribution in [0.2, 0.25) is 10.4 Å². The standard InChI is InChI=1S/C16H16Cl2N4O7/c1-6(23)16(26)11(28-8(3)25)9(4-27-7(2)24)29-14(16)22-5-19-10-12(17)20-15(18)21-13(10)22/h5,9,11,14,26H,4H2,1-3H3/t9-,11-,14-,16-/m1/s1. The van der Waals surface area contributed by atoms with Gasteiger partial charge in [-0.05, 0) is 18.5 Å². The predicted octanol–water partition coefficient (Wildman–Crippen LogP) is 0.845. The maximum absolute atomic E-state index is 12.5. The number of carbonyl (C=O) groups excluding carboxylic acids is 3. The number of esters is 2. The number of rotatable bonds is 5. The molecule has 1 saturated heterocycles. The highest BCUT2D eigenvalue weighted by atomic mass is 35.5. The van der Waals surface area contributed by atoms with Crippen molar-refractivity contribution in [2.45, 2.75) is 44.8 Å². The first-order valence-electron chi connectivity index (χ1n) is 8.30. The Balaban J connectivity index is 2.13. The molecule has 0 aromatic carbocycles. The molecule has 3 heterocycles. The van der Waals surface area contributed by atoms with E-state index in [-0.39, 0.29) is 28.2 Å². The Labute approximate surface area is 173 Å². The second-order valence-electron chi connectivity index (χ2n) is 6.35. The minimum atomic E-state index is -2.34. The van der Waals surface area contributed by atoms with Crippen molar-refractivity contribution in [3.05, 3.63) is 16.8 Å². The van der Waals surface area contributed by atoms with Crippen LogP contribution in [0.1, 0.15) is 27.0 Å². The number of halogens is 2. The first-order valence-corrected chi connectivity index (χ1v) is 9.06. The highest BCUT2D eigenvalue weighted by Gasteiger charge is 2.62. The summed E-state index contributed by atoms with van der Waals surface area (Å²) >= 11 is 11.9. The Hall–Kier alpha value is -2.34. The molecule has 0 bridgehead atoms.